The van der Waals surface area contributed by atoms with Gasteiger partial charge in [0.05, 0.1) is 11.3 Å². The van der Waals surface area contributed by atoms with E-state index < -0.39 is 11.8 Å². The van der Waals surface area contributed by atoms with Gasteiger partial charge in [0.2, 0.25) is 5.91 Å². The van der Waals surface area contributed by atoms with Crippen LogP contribution in [0, 0.1) is 6.92 Å². The average molecular weight is 454 g/mol. The molecule has 3 aromatic rings. The summed E-state index contributed by atoms with van der Waals surface area (Å²) in [5, 5.41) is 5.89. The van der Waals surface area contributed by atoms with Crippen molar-refractivity contribution in [2.45, 2.75) is 33.6 Å². The summed E-state index contributed by atoms with van der Waals surface area (Å²) in [6, 6.07) is 22.0. The van der Waals surface area contributed by atoms with Gasteiger partial charge in [-0.3, -0.25) is 14.4 Å². The van der Waals surface area contributed by atoms with Crippen LogP contribution >= 0.6 is 0 Å². The highest BCUT2D eigenvalue weighted by molar-refractivity contribution is 6.46. The second-order valence-electron chi connectivity index (χ2n) is 8.69. The number of anilines is 3. The van der Waals surface area contributed by atoms with Crippen molar-refractivity contribution in [2.75, 3.05) is 15.5 Å². The standard InChI is InChI=1S/C28H27N3O3/c1-17(2)20-9-11-23(12-10-20)30-26-25(21-7-5-18(3)6-8-21)27(33)31(28(26)34)24-15-13-22(14-16-24)29-19(4)32/h5-17,30H,1-4H3,(H,29,32). The Bertz CT molecular complexity index is 1270. The molecule has 3 amide bonds. The lowest BCUT2D eigenvalue weighted by Gasteiger charge is -2.16. The number of carbonyl (C=O) groups excluding carboxylic acids is 3. The fourth-order valence-electron chi connectivity index (χ4n) is 3.86. The van der Waals surface area contributed by atoms with Gasteiger partial charge >= 0.3 is 0 Å². The van der Waals surface area contributed by atoms with Crippen LogP contribution in [0.2, 0.25) is 0 Å². The van der Waals surface area contributed by atoms with Crippen LogP contribution in [0.3, 0.4) is 0 Å². The number of amides is 3. The topological polar surface area (TPSA) is 78.5 Å². The number of rotatable bonds is 6. The van der Waals surface area contributed by atoms with E-state index in [0.717, 1.165) is 16.2 Å². The van der Waals surface area contributed by atoms with Gasteiger partial charge in [0, 0.05) is 18.3 Å². The lowest BCUT2D eigenvalue weighted by molar-refractivity contribution is -0.120. The Kier molecular flexibility index (Phi) is 6.32. The minimum atomic E-state index is -0.430. The van der Waals surface area contributed by atoms with Crippen LogP contribution < -0.4 is 15.5 Å². The third kappa shape index (κ3) is 4.62. The fourth-order valence-corrected chi connectivity index (χ4v) is 3.86. The molecule has 172 valence electrons. The second kappa shape index (κ2) is 9.35. The molecule has 2 N–H and O–H groups in total. The summed E-state index contributed by atoms with van der Waals surface area (Å²) in [4.78, 5) is 39.5. The van der Waals surface area contributed by atoms with Gasteiger partial charge in [-0.05, 0) is 60.4 Å². The van der Waals surface area contributed by atoms with Gasteiger partial charge in [-0.2, -0.15) is 0 Å². The molecule has 4 rings (SSSR count). The van der Waals surface area contributed by atoms with Gasteiger partial charge in [-0.15, -0.1) is 0 Å². The number of imide groups is 1. The Morgan fingerprint density at radius 1 is 0.794 bits per heavy atom. The Hall–Kier alpha value is -4.19. The van der Waals surface area contributed by atoms with Crippen molar-refractivity contribution in [2.24, 2.45) is 0 Å². The number of carbonyl (C=O) groups is 3. The molecule has 1 aliphatic rings. The van der Waals surface area contributed by atoms with Crippen molar-refractivity contribution in [3.63, 3.8) is 0 Å². The number of hydrogen-bond acceptors (Lipinski definition) is 4. The van der Waals surface area contributed by atoms with E-state index in [1.54, 1.807) is 24.3 Å². The zero-order valence-corrected chi connectivity index (χ0v) is 19.7. The van der Waals surface area contributed by atoms with E-state index in [-0.39, 0.29) is 11.6 Å². The molecule has 0 bridgehead atoms. The maximum Gasteiger partial charge on any atom is 0.282 e. The number of benzene rings is 3. The lowest BCUT2D eigenvalue weighted by atomic mass is 10.0. The van der Waals surface area contributed by atoms with E-state index in [1.807, 2.05) is 55.5 Å². The molecule has 0 fully saturated rings. The molecule has 34 heavy (non-hydrogen) atoms. The molecule has 0 spiro atoms. The molecule has 6 heteroatoms. The summed E-state index contributed by atoms with van der Waals surface area (Å²) >= 11 is 0. The first-order valence-corrected chi connectivity index (χ1v) is 11.2. The summed E-state index contributed by atoms with van der Waals surface area (Å²) in [6.45, 7) is 7.63. The molecule has 1 aliphatic heterocycles. The van der Waals surface area contributed by atoms with Gasteiger partial charge in [0.25, 0.3) is 11.8 Å². The summed E-state index contributed by atoms with van der Waals surface area (Å²) in [5.41, 5.74) is 5.22. The molecular weight excluding hydrogens is 426 g/mol. The molecule has 3 aromatic carbocycles. The fraction of sp³-hybridized carbons (Fsp3) is 0.179. The van der Waals surface area contributed by atoms with Crippen LogP contribution in [-0.2, 0) is 14.4 Å². The minimum absolute atomic E-state index is 0.195. The van der Waals surface area contributed by atoms with Crippen LogP contribution in [-0.4, -0.2) is 17.7 Å². The zero-order chi connectivity index (χ0) is 24.4. The van der Waals surface area contributed by atoms with Crippen LogP contribution in [0.1, 0.15) is 43.4 Å². The SMILES string of the molecule is CC(=O)Nc1ccc(N2C(=O)C(Nc3ccc(C(C)C)cc3)=C(c3ccc(C)cc3)C2=O)cc1. The van der Waals surface area contributed by atoms with Crippen molar-refractivity contribution in [3.05, 3.63) is 95.2 Å². The molecule has 0 atom stereocenters. The minimum Gasteiger partial charge on any atom is -0.350 e. The van der Waals surface area contributed by atoms with Gasteiger partial charge in [0.1, 0.15) is 5.70 Å². The van der Waals surface area contributed by atoms with Crippen molar-refractivity contribution < 1.29 is 14.4 Å². The lowest BCUT2D eigenvalue weighted by Crippen LogP contribution is -2.32. The Morgan fingerprint density at radius 3 is 1.94 bits per heavy atom. The number of nitrogens with zero attached hydrogens (tertiary/aromatic N) is 1. The number of hydrogen-bond donors (Lipinski definition) is 2. The van der Waals surface area contributed by atoms with Gasteiger partial charge in [-0.1, -0.05) is 55.8 Å². The third-order valence-electron chi connectivity index (χ3n) is 5.72. The number of aryl methyl sites for hydroxylation is 1. The molecule has 0 aliphatic carbocycles. The largest absolute Gasteiger partial charge is 0.350 e. The third-order valence-corrected chi connectivity index (χ3v) is 5.72. The van der Waals surface area contributed by atoms with Gasteiger partial charge in [0.15, 0.2) is 0 Å². The second-order valence-corrected chi connectivity index (χ2v) is 8.69. The first-order chi connectivity index (χ1) is 16.2. The summed E-state index contributed by atoms with van der Waals surface area (Å²) in [6.07, 6.45) is 0. The molecule has 0 saturated heterocycles. The van der Waals surface area contributed by atoms with E-state index in [4.69, 9.17) is 0 Å². The molecule has 0 unspecified atom stereocenters. The highest BCUT2D eigenvalue weighted by Gasteiger charge is 2.40. The molecule has 0 aromatic heterocycles. The predicted octanol–water partition coefficient (Wildman–Crippen LogP) is 5.47. The van der Waals surface area contributed by atoms with E-state index in [2.05, 4.69) is 24.5 Å². The highest BCUT2D eigenvalue weighted by Crippen LogP contribution is 2.34. The van der Waals surface area contributed by atoms with Crippen LogP contribution in [0.15, 0.2) is 78.5 Å². The summed E-state index contributed by atoms with van der Waals surface area (Å²) in [5.74, 6) is -0.635. The molecule has 6 nitrogen and oxygen atoms in total. The van der Waals surface area contributed by atoms with Crippen LogP contribution in [0.4, 0.5) is 17.1 Å². The first-order valence-electron chi connectivity index (χ1n) is 11.2. The van der Waals surface area contributed by atoms with Crippen LogP contribution in [0.25, 0.3) is 5.57 Å². The maximum atomic E-state index is 13.5. The maximum absolute atomic E-state index is 13.5. The van der Waals surface area contributed by atoms with E-state index in [1.165, 1.54) is 12.5 Å². The Morgan fingerprint density at radius 2 is 1.38 bits per heavy atom. The van der Waals surface area contributed by atoms with E-state index in [0.29, 0.717) is 28.4 Å². The van der Waals surface area contributed by atoms with Crippen molar-refractivity contribution in [1.82, 2.24) is 0 Å². The predicted molar refractivity (Wildman–Crippen MR) is 135 cm³/mol. The molecule has 1 heterocycles. The first kappa shape index (κ1) is 23.0. The normalized spacial score (nSPS) is 13.6. The molecule has 0 radical (unpaired) electrons. The summed E-state index contributed by atoms with van der Waals surface area (Å²) in [7, 11) is 0. The van der Waals surface area contributed by atoms with E-state index in [9.17, 15) is 14.4 Å². The van der Waals surface area contributed by atoms with Crippen molar-refractivity contribution >= 4 is 40.4 Å². The van der Waals surface area contributed by atoms with E-state index >= 15 is 0 Å². The van der Waals surface area contributed by atoms with Crippen molar-refractivity contribution in [3.8, 4) is 0 Å². The zero-order valence-electron chi connectivity index (χ0n) is 19.7. The monoisotopic (exact) mass is 453 g/mol. The van der Waals surface area contributed by atoms with Crippen molar-refractivity contribution in [1.29, 1.82) is 0 Å². The summed E-state index contributed by atoms with van der Waals surface area (Å²) < 4.78 is 0. The highest BCUT2D eigenvalue weighted by atomic mass is 16.2. The van der Waals surface area contributed by atoms with Gasteiger partial charge < -0.3 is 10.6 Å². The average Bonchev–Trinajstić information content (AvgIpc) is 3.04. The van der Waals surface area contributed by atoms with Gasteiger partial charge in [-0.25, -0.2) is 4.90 Å². The van der Waals surface area contributed by atoms with Crippen LogP contribution in [0.5, 0.6) is 0 Å². The number of nitrogens with one attached hydrogen (secondary N) is 2. The molecule has 0 saturated carbocycles. The Balaban J connectivity index is 1.72. The Labute approximate surface area is 199 Å². The molecular formula is C28H27N3O3. The smallest absolute Gasteiger partial charge is 0.282 e. The quantitative estimate of drug-likeness (QED) is 0.485.